The van der Waals surface area contributed by atoms with E-state index in [0.717, 1.165) is 17.7 Å². The fourth-order valence-corrected chi connectivity index (χ4v) is 4.52. The molecule has 2 heterocycles. The lowest BCUT2D eigenvalue weighted by Gasteiger charge is -2.29. The van der Waals surface area contributed by atoms with Gasteiger partial charge in [-0.25, -0.2) is 9.18 Å². The van der Waals surface area contributed by atoms with Gasteiger partial charge in [-0.2, -0.15) is 0 Å². The van der Waals surface area contributed by atoms with Crippen molar-refractivity contribution in [1.29, 1.82) is 0 Å². The maximum atomic E-state index is 15.1. The summed E-state index contributed by atoms with van der Waals surface area (Å²) in [6, 6.07) is 10.4. The second-order valence-electron chi connectivity index (χ2n) is 9.85. The largest absolute Gasteiger partial charge is 0.497 e. The van der Waals surface area contributed by atoms with Crippen LogP contribution in [0.5, 0.6) is 5.75 Å². The Labute approximate surface area is 199 Å². The van der Waals surface area contributed by atoms with Crippen LogP contribution in [0.2, 0.25) is 0 Å². The van der Waals surface area contributed by atoms with Gasteiger partial charge in [0.05, 0.1) is 12.8 Å². The number of nitrogens with one attached hydrogen (secondary N) is 1. The summed E-state index contributed by atoms with van der Waals surface area (Å²) in [4.78, 5) is 28.5. The molecule has 1 fully saturated rings. The maximum Gasteiger partial charge on any atom is 0.407 e. The fraction of sp³-hybridized carbons (Fsp3) is 0.462. The van der Waals surface area contributed by atoms with Crippen molar-refractivity contribution in [2.45, 2.75) is 39.2 Å². The molecule has 4 rings (SSSR count). The van der Waals surface area contributed by atoms with Crippen molar-refractivity contribution >= 4 is 23.4 Å². The highest BCUT2D eigenvalue weighted by Gasteiger charge is 2.29. The number of anilines is 2. The first-order valence-electron chi connectivity index (χ1n) is 11.6. The molecule has 2 aliphatic heterocycles. The van der Waals surface area contributed by atoms with E-state index < -0.39 is 11.7 Å². The van der Waals surface area contributed by atoms with Crippen LogP contribution in [0.3, 0.4) is 0 Å². The van der Waals surface area contributed by atoms with Crippen LogP contribution in [0.4, 0.5) is 20.6 Å². The van der Waals surface area contributed by atoms with Crippen molar-refractivity contribution in [3.8, 4) is 5.75 Å². The first-order chi connectivity index (χ1) is 16.1. The van der Waals surface area contributed by atoms with Gasteiger partial charge in [-0.15, -0.1) is 0 Å². The average Bonchev–Trinajstić information content (AvgIpc) is 3.25. The molecule has 1 N–H and O–H groups in total. The van der Waals surface area contributed by atoms with Crippen molar-refractivity contribution in [3.05, 3.63) is 53.3 Å². The third-order valence-electron chi connectivity index (χ3n) is 6.20. The highest BCUT2D eigenvalue weighted by atomic mass is 19.1. The van der Waals surface area contributed by atoms with Crippen LogP contribution in [-0.2, 0) is 11.2 Å². The summed E-state index contributed by atoms with van der Waals surface area (Å²) < 4.78 is 25.7. The minimum atomic E-state index is -0.540. The number of rotatable bonds is 5. The van der Waals surface area contributed by atoms with Gasteiger partial charge < -0.3 is 24.6 Å². The van der Waals surface area contributed by atoms with Gasteiger partial charge in [0.15, 0.2) is 0 Å². The van der Waals surface area contributed by atoms with E-state index in [4.69, 9.17) is 9.47 Å². The number of fused-ring (bicyclic) bond motifs is 1. The Kier molecular flexibility index (Phi) is 6.68. The summed E-state index contributed by atoms with van der Waals surface area (Å²) in [6.07, 6.45) is 1.09. The molecule has 8 heteroatoms. The highest BCUT2D eigenvalue weighted by Crippen LogP contribution is 2.32. The van der Waals surface area contributed by atoms with Crippen molar-refractivity contribution in [2.24, 2.45) is 5.92 Å². The Balaban J connectivity index is 1.39. The number of benzene rings is 2. The predicted octanol–water partition coefficient (Wildman–Crippen LogP) is 4.39. The van der Waals surface area contributed by atoms with Crippen LogP contribution in [-0.4, -0.2) is 50.9 Å². The molecule has 0 aliphatic carbocycles. The van der Waals surface area contributed by atoms with Crippen LogP contribution in [0.15, 0.2) is 36.4 Å². The van der Waals surface area contributed by atoms with Gasteiger partial charge in [0, 0.05) is 37.4 Å². The normalized spacial score (nSPS) is 18.0. The van der Waals surface area contributed by atoms with Gasteiger partial charge >= 0.3 is 6.09 Å². The zero-order valence-corrected chi connectivity index (χ0v) is 20.2. The number of amides is 2. The molecule has 7 nitrogen and oxygen atoms in total. The van der Waals surface area contributed by atoms with Gasteiger partial charge in [0.2, 0.25) is 0 Å². The van der Waals surface area contributed by atoms with Gasteiger partial charge in [0.25, 0.3) is 5.91 Å². The molecule has 1 saturated heterocycles. The van der Waals surface area contributed by atoms with Crippen molar-refractivity contribution in [3.63, 3.8) is 0 Å². The molecule has 2 aliphatic rings. The van der Waals surface area contributed by atoms with E-state index in [2.05, 4.69) is 5.32 Å². The Morgan fingerprint density at radius 3 is 2.68 bits per heavy atom. The number of hydrogen-bond donors (Lipinski definition) is 1. The summed E-state index contributed by atoms with van der Waals surface area (Å²) in [6.45, 7) is 7.78. The monoisotopic (exact) mass is 469 g/mol. The van der Waals surface area contributed by atoms with E-state index in [9.17, 15) is 9.59 Å². The molecule has 2 amide bonds. The quantitative estimate of drug-likeness (QED) is 0.703. The Morgan fingerprint density at radius 2 is 1.97 bits per heavy atom. The van der Waals surface area contributed by atoms with Gasteiger partial charge in [-0.3, -0.25) is 4.79 Å². The van der Waals surface area contributed by atoms with E-state index in [1.54, 1.807) is 36.3 Å². The van der Waals surface area contributed by atoms with Gasteiger partial charge in [-0.05, 0) is 81.5 Å². The third-order valence-corrected chi connectivity index (χ3v) is 6.20. The first kappa shape index (κ1) is 23.9. The number of methoxy groups -OCH3 is 1. The minimum Gasteiger partial charge on any atom is -0.497 e. The molecule has 182 valence electrons. The van der Waals surface area contributed by atoms with E-state index >= 15 is 4.39 Å². The molecule has 34 heavy (non-hydrogen) atoms. The van der Waals surface area contributed by atoms with E-state index in [0.29, 0.717) is 49.5 Å². The zero-order chi connectivity index (χ0) is 24.5. The Morgan fingerprint density at radius 1 is 1.18 bits per heavy atom. The maximum absolute atomic E-state index is 15.1. The Bertz CT molecular complexity index is 1080. The van der Waals surface area contributed by atoms with E-state index in [1.165, 1.54) is 6.07 Å². The molecular formula is C26H32FN3O4. The lowest BCUT2D eigenvalue weighted by Crippen LogP contribution is -2.37. The van der Waals surface area contributed by atoms with Crippen molar-refractivity contribution < 1.29 is 23.5 Å². The van der Waals surface area contributed by atoms with E-state index in [-0.39, 0.29) is 17.6 Å². The first-order valence-corrected chi connectivity index (χ1v) is 11.6. The molecule has 0 saturated carbocycles. The number of ether oxygens (including phenoxy) is 2. The SMILES string of the molecule is COc1ccc2c(c1)CCN(c1ccc(N3CC[C@H](CNC(=O)OC(C)(C)C)C3)c(F)c1)C2=O. The van der Waals surface area contributed by atoms with Crippen LogP contribution < -0.4 is 19.9 Å². The predicted molar refractivity (Wildman–Crippen MR) is 129 cm³/mol. The topological polar surface area (TPSA) is 71.1 Å². The Hall–Kier alpha value is -3.29. The van der Waals surface area contributed by atoms with Crippen molar-refractivity contribution in [2.75, 3.05) is 43.1 Å². The molecule has 0 radical (unpaired) electrons. The summed E-state index contributed by atoms with van der Waals surface area (Å²) >= 11 is 0. The van der Waals surface area contributed by atoms with Crippen LogP contribution in [0.1, 0.15) is 43.1 Å². The smallest absolute Gasteiger partial charge is 0.407 e. The van der Waals surface area contributed by atoms with Crippen molar-refractivity contribution in [1.82, 2.24) is 5.32 Å². The molecule has 2 aromatic carbocycles. The van der Waals surface area contributed by atoms with Crippen LogP contribution in [0, 0.1) is 11.7 Å². The van der Waals surface area contributed by atoms with Gasteiger partial charge in [0.1, 0.15) is 17.2 Å². The molecule has 0 aromatic heterocycles. The number of hydrogen-bond acceptors (Lipinski definition) is 5. The summed E-state index contributed by atoms with van der Waals surface area (Å²) in [5.41, 5.74) is 2.09. The lowest BCUT2D eigenvalue weighted by molar-refractivity contribution is 0.0520. The number of alkyl carbamates (subject to hydrolysis) is 1. The fourth-order valence-electron chi connectivity index (χ4n) is 4.52. The van der Waals surface area contributed by atoms with Crippen LogP contribution in [0.25, 0.3) is 0 Å². The molecule has 0 spiro atoms. The third kappa shape index (κ3) is 5.26. The van der Waals surface area contributed by atoms with Gasteiger partial charge in [-0.1, -0.05) is 0 Å². The molecule has 2 aromatic rings. The summed E-state index contributed by atoms with van der Waals surface area (Å²) in [5.74, 6) is 0.446. The molecule has 0 unspecified atom stereocenters. The average molecular weight is 470 g/mol. The number of nitrogens with zero attached hydrogens (tertiary/aromatic N) is 2. The second kappa shape index (κ2) is 9.52. The highest BCUT2D eigenvalue weighted by molar-refractivity contribution is 6.08. The zero-order valence-electron chi connectivity index (χ0n) is 20.2. The number of halogens is 1. The number of carbonyl (C=O) groups is 2. The van der Waals surface area contributed by atoms with E-state index in [1.807, 2.05) is 31.7 Å². The molecular weight excluding hydrogens is 437 g/mol. The lowest BCUT2D eigenvalue weighted by atomic mass is 9.98. The standard InChI is InChI=1S/C26H32FN3O4/c1-26(2,3)34-25(32)28-15-17-9-11-29(16-17)23-8-5-19(14-22(23)27)30-12-10-18-13-20(33-4)6-7-21(18)24(30)31/h5-8,13-14,17H,9-12,15-16H2,1-4H3,(H,28,32)/t17-/m1/s1. The molecule has 1 atom stereocenters. The molecule has 0 bridgehead atoms. The second-order valence-corrected chi connectivity index (χ2v) is 9.85. The summed E-state index contributed by atoms with van der Waals surface area (Å²) in [5, 5.41) is 2.81. The minimum absolute atomic E-state index is 0.134. The van der Waals surface area contributed by atoms with Crippen LogP contribution >= 0.6 is 0 Å². The summed E-state index contributed by atoms with van der Waals surface area (Å²) in [7, 11) is 1.60. The number of carbonyl (C=O) groups excluding carboxylic acids is 2.